The Labute approximate surface area is 121 Å². The van der Waals surface area contributed by atoms with Crippen molar-refractivity contribution in [2.45, 2.75) is 50.6 Å². The summed E-state index contributed by atoms with van der Waals surface area (Å²) in [5.74, 6) is 2.41. The molecule has 4 heteroatoms. The van der Waals surface area contributed by atoms with E-state index in [0.717, 1.165) is 50.9 Å². The molecule has 2 N–H and O–H groups in total. The summed E-state index contributed by atoms with van der Waals surface area (Å²) in [6.45, 7) is 4.22. The lowest BCUT2D eigenvalue weighted by Crippen LogP contribution is -2.46. The second-order valence-corrected chi connectivity index (χ2v) is 7.38. The Morgan fingerprint density at radius 3 is 2.35 bits per heavy atom. The highest BCUT2D eigenvalue weighted by Gasteiger charge is 2.57. The monoisotopic (exact) mass is 277 g/mol. The summed E-state index contributed by atoms with van der Waals surface area (Å²) in [5.41, 5.74) is 5.98. The zero-order chi connectivity index (χ0) is 13.7. The Morgan fingerprint density at radius 1 is 0.950 bits per heavy atom. The van der Waals surface area contributed by atoms with E-state index >= 15 is 0 Å². The van der Waals surface area contributed by atoms with Gasteiger partial charge in [-0.3, -0.25) is 9.69 Å². The highest BCUT2D eigenvalue weighted by molar-refractivity contribution is 5.82. The molecule has 2 saturated carbocycles. The van der Waals surface area contributed by atoms with Gasteiger partial charge in [-0.05, 0) is 57.0 Å². The number of piperidine rings is 1. The first-order chi connectivity index (χ1) is 9.74. The topological polar surface area (TPSA) is 49.6 Å². The van der Waals surface area contributed by atoms with Crippen molar-refractivity contribution >= 4 is 5.91 Å². The van der Waals surface area contributed by atoms with Gasteiger partial charge in [0.05, 0.1) is 0 Å². The van der Waals surface area contributed by atoms with Crippen molar-refractivity contribution in [3.63, 3.8) is 0 Å². The molecule has 2 aliphatic carbocycles. The summed E-state index contributed by atoms with van der Waals surface area (Å²) < 4.78 is 0. The highest BCUT2D eigenvalue weighted by atomic mass is 16.2. The lowest BCUT2D eigenvalue weighted by molar-refractivity contribution is -0.132. The molecule has 0 aromatic carbocycles. The number of nitrogens with two attached hydrogens (primary N) is 1. The third-order valence-electron chi connectivity index (χ3n) is 6.26. The van der Waals surface area contributed by atoms with Crippen LogP contribution in [0, 0.1) is 17.8 Å². The fraction of sp³-hybridized carbons (Fsp3) is 0.938. The maximum absolute atomic E-state index is 12.6. The van der Waals surface area contributed by atoms with E-state index < -0.39 is 0 Å². The van der Waals surface area contributed by atoms with Crippen molar-refractivity contribution in [2.24, 2.45) is 23.5 Å². The molecular formula is C16H27N3O. The summed E-state index contributed by atoms with van der Waals surface area (Å²) in [6, 6.07) is 1.00. The van der Waals surface area contributed by atoms with Crippen LogP contribution in [0.4, 0.5) is 0 Å². The summed E-state index contributed by atoms with van der Waals surface area (Å²) in [4.78, 5) is 17.3. The molecule has 0 aromatic heterocycles. The molecular weight excluding hydrogens is 250 g/mol. The third-order valence-corrected chi connectivity index (χ3v) is 6.26. The lowest BCUT2D eigenvalue weighted by Gasteiger charge is -2.34. The second-order valence-electron chi connectivity index (χ2n) is 7.38. The van der Waals surface area contributed by atoms with Gasteiger partial charge >= 0.3 is 0 Å². The second kappa shape index (κ2) is 4.99. The Kier molecular flexibility index (Phi) is 3.26. The molecule has 4 rings (SSSR count). The first-order valence-corrected chi connectivity index (χ1v) is 8.52. The van der Waals surface area contributed by atoms with Crippen LogP contribution in [0.5, 0.6) is 0 Å². The van der Waals surface area contributed by atoms with Gasteiger partial charge in [0.25, 0.3) is 0 Å². The molecule has 2 heterocycles. The van der Waals surface area contributed by atoms with Crippen molar-refractivity contribution in [1.82, 2.24) is 9.80 Å². The predicted octanol–water partition coefficient (Wildman–Crippen LogP) is 1.06. The molecule has 3 atom stereocenters. The molecule has 4 aliphatic rings. The SMILES string of the molecule is NC1CCN(C2CCN(C(=O)C3C4CCCC43)C2)CC1. The molecule has 0 bridgehead atoms. The average molecular weight is 277 g/mol. The average Bonchev–Trinajstić information content (AvgIpc) is 2.89. The summed E-state index contributed by atoms with van der Waals surface area (Å²) >= 11 is 0. The molecule has 2 saturated heterocycles. The van der Waals surface area contributed by atoms with E-state index in [1.165, 1.54) is 25.7 Å². The van der Waals surface area contributed by atoms with E-state index in [1.54, 1.807) is 0 Å². The Hall–Kier alpha value is -0.610. The van der Waals surface area contributed by atoms with Crippen molar-refractivity contribution in [1.29, 1.82) is 0 Å². The molecule has 4 fully saturated rings. The van der Waals surface area contributed by atoms with Crippen molar-refractivity contribution < 1.29 is 4.79 Å². The number of nitrogens with zero attached hydrogens (tertiary/aromatic N) is 2. The summed E-state index contributed by atoms with van der Waals surface area (Å²) in [6.07, 6.45) is 7.39. The van der Waals surface area contributed by atoms with Gasteiger partial charge in [-0.2, -0.15) is 0 Å². The van der Waals surface area contributed by atoms with Gasteiger partial charge in [0.1, 0.15) is 0 Å². The molecule has 0 radical (unpaired) electrons. The quantitative estimate of drug-likeness (QED) is 0.821. The van der Waals surface area contributed by atoms with Crippen molar-refractivity contribution in [3.8, 4) is 0 Å². The zero-order valence-corrected chi connectivity index (χ0v) is 12.3. The number of hydrogen-bond acceptors (Lipinski definition) is 3. The molecule has 3 unspecified atom stereocenters. The minimum Gasteiger partial charge on any atom is -0.341 e. The van der Waals surface area contributed by atoms with Crippen LogP contribution in [0.1, 0.15) is 38.5 Å². The lowest BCUT2D eigenvalue weighted by atomic mass is 10.0. The molecule has 1 amide bonds. The van der Waals surface area contributed by atoms with Gasteiger partial charge in [0.15, 0.2) is 0 Å². The van der Waals surface area contributed by atoms with E-state index in [-0.39, 0.29) is 0 Å². The largest absolute Gasteiger partial charge is 0.341 e. The van der Waals surface area contributed by atoms with Crippen molar-refractivity contribution in [2.75, 3.05) is 26.2 Å². The van der Waals surface area contributed by atoms with Crippen molar-refractivity contribution in [3.05, 3.63) is 0 Å². The fourth-order valence-electron chi connectivity index (χ4n) is 4.92. The first-order valence-electron chi connectivity index (χ1n) is 8.52. The van der Waals surface area contributed by atoms with Gasteiger partial charge in [0.2, 0.25) is 5.91 Å². The van der Waals surface area contributed by atoms with Crippen LogP contribution in [0.15, 0.2) is 0 Å². The molecule has 0 spiro atoms. The maximum Gasteiger partial charge on any atom is 0.226 e. The van der Waals surface area contributed by atoms with E-state index in [4.69, 9.17) is 5.73 Å². The van der Waals surface area contributed by atoms with E-state index in [0.29, 0.717) is 23.9 Å². The minimum atomic E-state index is 0.399. The first kappa shape index (κ1) is 13.1. The van der Waals surface area contributed by atoms with Crippen LogP contribution in [0.2, 0.25) is 0 Å². The molecule has 0 aromatic rings. The van der Waals surface area contributed by atoms with Crippen LogP contribution in [-0.2, 0) is 4.79 Å². The molecule has 4 nitrogen and oxygen atoms in total. The van der Waals surface area contributed by atoms with Gasteiger partial charge in [-0.1, -0.05) is 6.42 Å². The summed E-state index contributed by atoms with van der Waals surface area (Å²) in [5, 5.41) is 0. The predicted molar refractivity (Wildman–Crippen MR) is 78.1 cm³/mol. The number of likely N-dealkylation sites (tertiary alicyclic amines) is 2. The van der Waals surface area contributed by atoms with Crippen LogP contribution in [-0.4, -0.2) is 54.0 Å². The fourth-order valence-corrected chi connectivity index (χ4v) is 4.92. The summed E-state index contributed by atoms with van der Waals surface area (Å²) in [7, 11) is 0. The minimum absolute atomic E-state index is 0.399. The third kappa shape index (κ3) is 2.17. The number of carbonyl (C=O) groups is 1. The molecule has 2 aliphatic heterocycles. The van der Waals surface area contributed by atoms with Gasteiger partial charge in [0, 0.05) is 31.1 Å². The van der Waals surface area contributed by atoms with E-state index in [1.807, 2.05) is 0 Å². The molecule has 20 heavy (non-hydrogen) atoms. The zero-order valence-electron chi connectivity index (χ0n) is 12.3. The van der Waals surface area contributed by atoms with Crippen LogP contribution in [0.25, 0.3) is 0 Å². The number of rotatable bonds is 2. The van der Waals surface area contributed by atoms with E-state index in [2.05, 4.69) is 9.80 Å². The van der Waals surface area contributed by atoms with Gasteiger partial charge in [-0.15, -0.1) is 0 Å². The Morgan fingerprint density at radius 2 is 1.65 bits per heavy atom. The van der Waals surface area contributed by atoms with Crippen LogP contribution < -0.4 is 5.73 Å². The Balaban J connectivity index is 1.31. The van der Waals surface area contributed by atoms with Crippen LogP contribution in [0.3, 0.4) is 0 Å². The standard InChI is InChI=1S/C16H27N3O/c17-11-4-7-18(8-5-11)12-6-9-19(10-12)16(20)15-13-2-1-3-14(13)15/h11-15H,1-10,17H2. The van der Waals surface area contributed by atoms with Crippen LogP contribution >= 0.6 is 0 Å². The number of amides is 1. The Bertz CT molecular complexity index is 381. The van der Waals surface area contributed by atoms with Gasteiger partial charge < -0.3 is 10.6 Å². The van der Waals surface area contributed by atoms with Gasteiger partial charge in [-0.25, -0.2) is 0 Å². The number of fused-ring (bicyclic) bond motifs is 1. The maximum atomic E-state index is 12.6. The highest BCUT2D eigenvalue weighted by Crippen LogP contribution is 2.58. The van der Waals surface area contributed by atoms with E-state index in [9.17, 15) is 4.79 Å². The smallest absolute Gasteiger partial charge is 0.226 e. The molecule has 112 valence electrons. The number of hydrogen-bond donors (Lipinski definition) is 1. The number of carbonyl (C=O) groups excluding carboxylic acids is 1. The normalized spacial score (nSPS) is 42.0.